The van der Waals surface area contributed by atoms with Crippen LogP contribution in [0, 0.1) is 5.21 Å². The summed E-state index contributed by atoms with van der Waals surface area (Å²) in [7, 11) is 0. The lowest BCUT2D eigenvalue weighted by molar-refractivity contribution is -0.657. The molecule has 0 atom stereocenters. The predicted molar refractivity (Wildman–Crippen MR) is 74.1 cm³/mol. The summed E-state index contributed by atoms with van der Waals surface area (Å²) in [5, 5.41) is 16.1. The minimum Gasteiger partial charge on any atom is -0.594 e. The molecule has 0 bridgehead atoms. The molecule has 0 N–H and O–H groups in total. The second-order valence-corrected chi connectivity index (χ2v) is 4.21. The zero-order valence-corrected chi connectivity index (χ0v) is 10.2. The summed E-state index contributed by atoms with van der Waals surface area (Å²) in [6.07, 6.45) is 0. The van der Waals surface area contributed by atoms with Crippen LogP contribution in [-0.2, 0) is 0 Å². The Labute approximate surface area is 111 Å². The SMILES string of the molecule is [O-][n+]1nc(-c2ccccc2)ccc1-c1ccccc1. The third-order valence-corrected chi connectivity index (χ3v) is 2.94. The Morgan fingerprint density at radius 2 is 1.26 bits per heavy atom. The van der Waals surface area contributed by atoms with Crippen molar-refractivity contribution in [2.24, 2.45) is 0 Å². The summed E-state index contributed by atoms with van der Waals surface area (Å²) in [4.78, 5) is 0.678. The fourth-order valence-corrected chi connectivity index (χ4v) is 1.99. The average Bonchev–Trinajstić information content (AvgIpc) is 2.49. The van der Waals surface area contributed by atoms with Crippen LogP contribution < -0.4 is 4.85 Å². The smallest absolute Gasteiger partial charge is 0.252 e. The monoisotopic (exact) mass is 248 g/mol. The quantitative estimate of drug-likeness (QED) is 0.516. The normalized spacial score (nSPS) is 10.3. The first-order chi connectivity index (χ1) is 9.34. The van der Waals surface area contributed by atoms with Crippen LogP contribution >= 0.6 is 0 Å². The van der Waals surface area contributed by atoms with Crippen LogP contribution in [0.3, 0.4) is 0 Å². The predicted octanol–water partition coefficient (Wildman–Crippen LogP) is 3.05. The highest BCUT2D eigenvalue weighted by molar-refractivity contribution is 5.61. The highest BCUT2D eigenvalue weighted by Crippen LogP contribution is 2.18. The first-order valence-corrected chi connectivity index (χ1v) is 6.06. The van der Waals surface area contributed by atoms with Crippen LogP contribution in [0.2, 0.25) is 0 Å². The van der Waals surface area contributed by atoms with Gasteiger partial charge < -0.3 is 5.21 Å². The zero-order chi connectivity index (χ0) is 13.1. The van der Waals surface area contributed by atoms with Crippen LogP contribution in [0.15, 0.2) is 72.8 Å². The summed E-state index contributed by atoms with van der Waals surface area (Å²) in [6, 6.07) is 22.9. The van der Waals surface area contributed by atoms with E-state index in [-0.39, 0.29) is 0 Å². The van der Waals surface area contributed by atoms with E-state index in [0.717, 1.165) is 11.1 Å². The third-order valence-electron chi connectivity index (χ3n) is 2.94. The summed E-state index contributed by atoms with van der Waals surface area (Å²) >= 11 is 0. The van der Waals surface area contributed by atoms with Crippen molar-refractivity contribution < 1.29 is 4.85 Å². The molecule has 3 rings (SSSR count). The van der Waals surface area contributed by atoms with Crippen LogP contribution in [0.25, 0.3) is 22.5 Å². The van der Waals surface area contributed by atoms with Crippen LogP contribution in [-0.4, -0.2) is 5.10 Å². The van der Waals surface area contributed by atoms with Crippen LogP contribution in [0.4, 0.5) is 0 Å². The van der Waals surface area contributed by atoms with Gasteiger partial charge in [0.1, 0.15) is 5.69 Å². The molecule has 0 unspecified atom stereocenters. The minimum atomic E-state index is 0.556. The summed E-state index contributed by atoms with van der Waals surface area (Å²) < 4.78 is 0. The van der Waals surface area contributed by atoms with E-state index in [9.17, 15) is 5.21 Å². The van der Waals surface area contributed by atoms with Gasteiger partial charge in [-0.25, -0.2) is 0 Å². The van der Waals surface area contributed by atoms with Gasteiger partial charge in [-0.15, -0.1) is 0 Å². The lowest BCUT2D eigenvalue weighted by atomic mass is 10.1. The van der Waals surface area contributed by atoms with Crippen molar-refractivity contribution in [2.45, 2.75) is 0 Å². The van der Waals surface area contributed by atoms with Crippen LogP contribution in [0.5, 0.6) is 0 Å². The van der Waals surface area contributed by atoms with E-state index in [1.54, 1.807) is 6.07 Å². The van der Waals surface area contributed by atoms with Crippen molar-refractivity contribution in [3.8, 4) is 22.5 Å². The molecule has 3 heteroatoms. The molecule has 0 spiro atoms. The molecular formula is C16H12N2O. The van der Waals surface area contributed by atoms with Gasteiger partial charge >= 0.3 is 0 Å². The zero-order valence-electron chi connectivity index (χ0n) is 10.2. The van der Waals surface area contributed by atoms with Gasteiger partial charge in [0.25, 0.3) is 5.69 Å². The Bertz CT molecular complexity index is 682. The molecule has 0 saturated carbocycles. The molecule has 0 aliphatic rings. The number of hydrogen-bond acceptors (Lipinski definition) is 2. The third kappa shape index (κ3) is 2.31. The van der Waals surface area contributed by atoms with E-state index in [4.69, 9.17) is 0 Å². The van der Waals surface area contributed by atoms with Gasteiger partial charge in [-0.3, -0.25) is 0 Å². The highest BCUT2D eigenvalue weighted by Gasteiger charge is 2.11. The maximum atomic E-state index is 12.0. The van der Waals surface area contributed by atoms with E-state index in [1.165, 1.54) is 0 Å². The van der Waals surface area contributed by atoms with E-state index >= 15 is 0 Å². The Kier molecular flexibility index (Phi) is 2.94. The van der Waals surface area contributed by atoms with E-state index in [0.29, 0.717) is 16.2 Å². The Balaban J connectivity index is 2.04. The molecule has 3 nitrogen and oxygen atoms in total. The second kappa shape index (κ2) is 4.90. The van der Waals surface area contributed by atoms with Gasteiger partial charge in [0, 0.05) is 16.7 Å². The Hall–Kier alpha value is -2.68. The maximum Gasteiger partial charge on any atom is 0.252 e. The molecule has 0 aliphatic heterocycles. The van der Waals surface area contributed by atoms with E-state index < -0.39 is 0 Å². The first-order valence-electron chi connectivity index (χ1n) is 6.06. The topological polar surface area (TPSA) is 39.8 Å². The molecule has 0 fully saturated rings. The largest absolute Gasteiger partial charge is 0.594 e. The Morgan fingerprint density at radius 3 is 1.84 bits per heavy atom. The average molecular weight is 248 g/mol. The number of benzene rings is 2. The van der Waals surface area contributed by atoms with E-state index in [1.807, 2.05) is 66.7 Å². The van der Waals surface area contributed by atoms with Crippen LogP contribution in [0.1, 0.15) is 0 Å². The van der Waals surface area contributed by atoms with Crippen molar-refractivity contribution in [3.63, 3.8) is 0 Å². The standard InChI is InChI=1S/C16H12N2O/c19-18-16(14-9-5-2-6-10-14)12-11-15(17-18)13-7-3-1-4-8-13/h1-12H. The van der Waals surface area contributed by atoms with Gasteiger partial charge in [-0.1, -0.05) is 48.5 Å². The number of hydrogen-bond donors (Lipinski definition) is 0. The maximum absolute atomic E-state index is 12.0. The van der Waals surface area contributed by atoms with Gasteiger partial charge in [0.15, 0.2) is 0 Å². The molecule has 2 aromatic carbocycles. The molecular weight excluding hydrogens is 236 g/mol. The highest BCUT2D eigenvalue weighted by atomic mass is 16.5. The Morgan fingerprint density at radius 1 is 0.684 bits per heavy atom. The van der Waals surface area contributed by atoms with Gasteiger partial charge in [-0.2, -0.15) is 0 Å². The minimum absolute atomic E-state index is 0.556. The molecule has 0 radical (unpaired) electrons. The molecule has 1 heterocycles. The number of rotatable bonds is 2. The molecule has 3 aromatic rings. The molecule has 0 amide bonds. The summed E-state index contributed by atoms with van der Waals surface area (Å²) in [5.41, 5.74) is 3.03. The second-order valence-electron chi connectivity index (χ2n) is 4.21. The number of nitrogens with zero attached hydrogens (tertiary/aromatic N) is 2. The van der Waals surface area contributed by atoms with Gasteiger partial charge in [-0.05, 0) is 23.0 Å². The van der Waals surface area contributed by atoms with Crippen molar-refractivity contribution >= 4 is 0 Å². The van der Waals surface area contributed by atoms with E-state index in [2.05, 4.69) is 5.10 Å². The summed E-state index contributed by atoms with van der Waals surface area (Å²) in [5.74, 6) is 0. The molecule has 1 aromatic heterocycles. The van der Waals surface area contributed by atoms with Gasteiger partial charge in [0.05, 0.1) is 5.56 Å². The fraction of sp³-hybridized carbons (Fsp3) is 0. The van der Waals surface area contributed by atoms with Crippen molar-refractivity contribution in [3.05, 3.63) is 78.0 Å². The van der Waals surface area contributed by atoms with Crippen molar-refractivity contribution in [1.29, 1.82) is 0 Å². The van der Waals surface area contributed by atoms with Crippen molar-refractivity contribution in [2.75, 3.05) is 0 Å². The first kappa shape index (κ1) is 11.4. The lowest BCUT2D eigenvalue weighted by Gasteiger charge is -2.04. The molecule has 0 saturated heterocycles. The molecule has 19 heavy (non-hydrogen) atoms. The summed E-state index contributed by atoms with van der Waals surface area (Å²) in [6.45, 7) is 0. The van der Waals surface area contributed by atoms with Gasteiger partial charge in [0.2, 0.25) is 0 Å². The fourth-order valence-electron chi connectivity index (χ4n) is 1.99. The lowest BCUT2D eigenvalue weighted by Crippen LogP contribution is -2.34. The number of aromatic nitrogens is 2. The molecule has 92 valence electrons. The molecule has 0 aliphatic carbocycles. The van der Waals surface area contributed by atoms with Crippen molar-refractivity contribution in [1.82, 2.24) is 5.10 Å².